The Morgan fingerprint density at radius 1 is 1.29 bits per heavy atom. The number of aryl methyl sites for hydroxylation is 1. The van der Waals surface area contributed by atoms with E-state index in [1.54, 1.807) is 16.8 Å². The van der Waals surface area contributed by atoms with Crippen molar-refractivity contribution in [3.8, 4) is 5.75 Å². The average molecular weight is 287 g/mol. The van der Waals surface area contributed by atoms with Crippen molar-refractivity contribution in [2.75, 3.05) is 5.32 Å². The first-order valence-electron chi connectivity index (χ1n) is 7.03. The second kappa shape index (κ2) is 5.99. The molecule has 0 atom stereocenters. The van der Waals surface area contributed by atoms with Crippen molar-refractivity contribution in [3.63, 3.8) is 0 Å². The number of aromatic nitrogens is 2. The van der Waals surface area contributed by atoms with Crippen LogP contribution in [0.3, 0.4) is 0 Å². The monoisotopic (exact) mass is 287 g/mol. The predicted molar refractivity (Wildman–Crippen MR) is 82.7 cm³/mol. The first kappa shape index (κ1) is 15.1. The van der Waals surface area contributed by atoms with Crippen LogP contribution in [0.4, 0.5) is 10.6 Å². The fraction of sp³-hybridized carbons (Fsp3) is 0.375. The highest BCUT2D eigenvalue weighted by Gasteiger charge is 2.21. The molecule has 1 N–H and O–H groups in total. The Labute approximate surface area is 124 Å². The molecule has 1 aromatic carbocycles. The topological polar surface area (TPSA) is 56.1 Å². The van der Waals surface area contributed by atoms with Crippen molar-refractivity contribution in [1.82, 2.24) is 9.78 Å². The van der Waals surface area contributed by atoms with E-state index in [1.807, 2.05) is 52.0 Å². The van der Waals surface area contributed by atoms with Crippen LogP contribution in [0.15, 0.2) is 36.4 Å². The first-order valence-corrected chi connectivity index (χ1v) is 7.03. The van der Waals surface area contributed by atoms with E-state index in [1.165, 1.54) is 0 Å². The van der Waals surface area contributed by atoms with E-state index in [2.05, 4.69) is 10.4 Å². The van der Waals surface area contributed by atoms with Crippen molar-refractivity contribution < 1.29 is 9.53 Å². The molecule has 2 rings (SSSR count). The van der Waals surface area contributed by atoms with Gasteiger partial charge in [0.2, 0.25) is 0 Å². The second-order valence-corrected chi connectivity index (χ2v) is 5.78. The molecular weight excluding hydrogens is 266 g/mol. The third-order valence-corrected chi connectivity index (χ3v) is 2.94. The third kappa shape index (κ3) is 3.84. The molecule has 2 aromatic rings. The molecule has 0 aliphatic heterocycles. The molecule has 0 radical (unpaired) electrons. The van der Waals surface area contributed by atoms with Gasteiger partial charge in [-0.25, -0.2) is 9.48 Å². The SMILES string of the molecule is CCc1cc(NC(=O)Oc2ccccc2)n(C(C)(C)C)n1. The zero-order valence-corrected chi connectivity index (χ0v) is 12.9. The summed E-state index contributed by atoms with van der Waals surface area (Å²) >= 11 is 0. The number of para-hydroxylation sites is 1. The zero-order valence-electron chi connectivity index (χ0n) is 12.9. The lowest BCUT2D eigenvalue weighted by molar-refractivity contribution is 0.214. The van der Waals surface area contributed by atoms with Crippen molar-refractivity contribution in [2.45, 2.75) is 39.7 Å². The largest absolute Gasteiger partial charge is 0.418 e. The number of hydrogen-bond acceptors (Lipinski definition) is 3. The number of nitrogens with one attached hydrogen (secondary N) is 1. The molecule has 0 unspecified atom stereocenters. The Bertz CT molecular complexity index is 612. The molecule has 1 amide bonds. The van der Waals surface area contributed by atoms with Gasteiger partial charge in [-0.05, 0) is 39.3 Å². The summed E-state index contributed by atoms with van der Waals surface area (Å²) in [6.45, 7) is 8.13. The Hall–Kier alpha value is -2.30. The number of anilines is 1. The number of carbonyl (C=O) groups is 1. The summed E-state index contributed by atoms with van der Waals surface area (Å²) < 4.78 is 7.04. The van der Waals surface area contributed by atoms with Gasteiger partial charge in [0, 0.05) is 6.07 Å². The number of carbonyl (C=O) groups excluding carboxylic acids is 1. The lowest BCUT2D eigenvalue weighted by atomic mass is 10.1. The molecule has 21 heavy (non-hydrogen) atoms. The van der Waals surface area contributed by atoms with Crippen molar-refractivity contribution in [1.29, 1.82) is 0 Å². The molecule has 5 heteroatoms. The summed E-state index contributed by atoms with van der Waals surface area (Å²) in [6.07, 6.45) is 0.292. The van der Waals surface area contributed by atoms with Crippen LogP contribution in [0.5, 0.6) is 5.75 Å². The normalized spacial score (nSPS) is 11.2. The highest BCUT2D eigenvalue weighted by atomic mass is 16.6. The number of benzene rings is 1. The molecule has 0 saturated carbocycles. The first-order chi connectivity index (χ1) is 9.90. The van der Waals surface area contributed by atoms with Crippen LogP contribution in [0.2, 0.25) is 0 Å². The Morgan fingerprint density at radius 3 is 2.52 bits per heavy atom. The van der Waals surface area contributed by atoms with E-state index < -0.39 is 6.09 Å². The van der Waals surface area contributed by atoms with Crippen molar-refractivity contribution in [2.24, 2.45) is 0 Å². The third-order valence-electron chi connectivity index (χ3n) is 2.94. The van der Waals surface area contributed by atoms with Gasteiger partial charge in [-0.2, -0.15) is 5.10 Å². The fourth-order valence-electron chi connectivity index (χ4n) is 1.93. The predicted octanol–water partition coefficient (Wildman–Crippen LogP) is 3.81. The van der Waals surface area contributed by atoms with Crippen LogP contribution in [0.25, 0.3) is 0 Å². The summed E-state index contributed by atoms with van der Waals surface area (Å²) in [5, 5.41) is 7.27. The van der Waals surface area contributed by atoms with Crippen LogP contribution >= 0.6 is 0 Å². The smallest absolute Gasteiger partial charge is 0.410 e. The highest BCUT2D eigenvalue weighted by molar-refractivity contribution is 5.85. The second-order valence-electron chi connectivity index (χ2n) is 5.78. The van der Waals surface area contributed by atoms with Gasteiger partial charge in [-0.1, -0.05) is 25.1 Å². The van der Waals surface area contributed by atoms with Gasteiger partial charge in [0.05, 0.1) is 11.2 Å². The molecule has 0 saturated heterocycles. The highest BCUT2D eigenvalue weighted by Crippen LogP contribution is 2.22. The van der Waals surface area contributed by atoms with Crippen molar-refractivity contribution in [3.05, 3.63) is 42.1 Å². The molecule has 0 fully saturated rings. The number of amides is 1. The Balaban J connectivity index is 2.15. The van der Waals surface area contributed by atoms with E-state index in [9.17, 15) is 4.79 Å². The van der Waals surface area contributed by atoms with Crippen LogP contribution in [-0.2, 0) is 12.0 Å². The van der Waals surface area contributed by atoms with Gasteiger partial charge in [-0.15, -0.1) is 0 Å². The Morgan fingerprint density at radius 2 is 1.95 bits per heavy atom. The van der Waals surface area contributed by atoms with E-state index in [4.69, 9.17) is 4.74 Å². The van der Waals surface area contributed by atoms with E-state index in [0.717, 1.165) is 12.1 Å². The lowest BCUT2D eigenvalue weighted by Gasteiger charge is -2.22. The van der Waals surface area contributed by atoms with E-state index in [0.29, 0.717) is 11.6 Å². The van der Waals surface area contributed by atoms with Crippen LogP contribution < -0.4 is 10.1 Å². The molecule has 0 aliphatic carbocycles. The van der Waals surface area contributed by atoms with Gasteiger partial charge < -0.3 is 4.74 Å². The quantitative estimate of drug-likeness (QED) is 0.933. The standard InChI is InChI=1S/C16H21N3O2/c1-5-12-11-14(19(18-12)16(2,3)4)17-15(20)21-13-9-7-6-8-10-13/h6-11H,5H2,1-4H3,(H,17,20). The maximum atomic E-state index is 12.0. The number of nitrogens with zero attached hydrogens (tertiary/aromatic N) is 2. The number of rotatable bonds is 3. The molecule has 0 bridgehead atoms. The zero-order chi connectivity index (χ0) is 15.5. The van der Waals surface area contributed by atoms with Crippen LogP contribution in [0.1, 0.15) is 33.4 Å². The molecule has 112 valence electrons. The minimum Gasteiger partial charge on any atom is -0.410 e. The van der Waals surface area contributed by atoms with Gasteiger partial charge in [0.1, 0.15) is 11.6 Å². The number of ether oxygens (including phenoxy) is 1. The summed E-state index contributed by atoms with van der Waals surface area (Å²) in [6, 6.07) is 10.8. The fourth-order valence-corrected chi connectivity index (χ4v) is 1.93. The molecule has 1 aromatic heterocycles. The summed E-state index contributed by atoms with van der Waals surface area (Å²) in [5.41, 5.74) is 0.711. The maximum absolute atomic E-state index is 12.0. The Kier molecular flexibility index (Phi) is 4.31. The lowest BCUT2D eigenvalue weighted by Crippen LogP contribution is -2.27. The van der Waals surface area contributed by atoms with E-state index >= 15 is 0 Å². The van der Waals surface area contributed by atoms with Gasteiger partial charge in [0.15, 0.2) is 0 Å². The van der Waals surface area contributed by atoms with E-state index in [-0.39, 0.29) is 5.54 Å². The summed E-state index contributed by atoms with van der Waals surface area (Å²) in [5.74, 6) is 1.15. The molecule has 0 aliphatic rings. The molecular formula is C16H21N3O2. The van der Waals surface area contributed by atoms with Crippen LogP contribution in [0, 0.1) is 0 Å². The summed E-state index contributed by atoms with van der Waals surface area (Å²) in [4.78, 5) is 12.0. The minimum atomic E-state index is -0.519. The number of hydrogen-bond donors (Lipinski definition) is 1. The average Bonchev–Trinajstić information content (AvgIpc) is 2.82. The summed E-state index contributed by atoms with van der Waals surface area (Å²) in [7, 11) is 0. The van der Waals surface area contributed by atoms with Crippen molar-refractivity contribution >= 4 is 11.9 Å². The molecule has 1 heterocycles. The molecule has 0 spiro atoms. The van der Waals surface area contributed by atoms with Gasteiger partial charge in [0.25, 0.3) is 0 Å². The molecule has 5 nitrogen and oxygen atoms in total. The van der Waals surface area contributed by atoms with Gasteiger partial charge >= 0.3 is 6.09 Å². The van der Waals surface area contributed by atoms with Crippen LogP contribution in [-0.4, -0.2) is 15.9 Å². The maximum Gasteiger partial charge on any atom is 0.418 e. The van der Waals surface area contributed by atoms with Gasteiger partial charge in [-0.3, -0.25) is 5.32 Å². The minimum absolute atomic E-state index is 0.219.